The van der Waals surface area contributed by atoms with Crippen molar-refractivity contribution in [2.75, 3.05) is 56.2 Å². The summed E-state index contributed by atoms with van der Waals surface area (Å²) in [7, 11) is 0. The minimum Gasteiger partial charge on any atom is -0.379 e. The fourth-order valence-corrected chi connectivity index (χ4v) is 4.34. The van der Waals surface area contributed by atoms with Crippen LogP contribution < -0.4 is 10.2 Å². The fraction of sp³-hybridized carbons (Fsp3) is 0.750. The molecule has 1 N–H and O–H groups in total. The molecule has 0 spiro atoms. The van der Waals surface area contributed by atoms with Gasteiger partial charge in [-0.25, -0.2) is 15.0 Å². The van der Waals surface area contributed by atoms with Crippen LogP contribution in [0, 0.1) is 0 Å². The van der Waals surface area contributed by atoms with E-state index in [1.807, 2.05) is 0 Å². The van der Waals surface area contributed by atoms with Gasteiger partial charge in [-0.2, -0.15) is 0 Å². The summed E-state index contributed by atoms with van der Waals surface area (Å²) in [6.07, 6.45) is 5.05. The molecule has 0 unspecified atom stereocenters. The summed E-state index contributed by atoms with van der Waals surface area (Å²) in [5.74, 6) is 1.88. The van der Waals surface area contributed by atoms with Crippen molar-refractivity contribution in [3.05, 3.63) is 6.33 Å². The van der Waals surface area contributed by atoms with Gasteiger partial charge in [0.25, 0.3) is 0 Å². The molecule has 0 bridgehead atoms. The molecule has 0 aliphatic carbocycles. The van der Waals surface area contributed by atoms with Crippen LogP contribution in [0.1, 0.15) is 46.1 Å². The molecule has 8 nitrogen and oxygen atoms in total. The van der Waals surface area contributed by atoms with Gasteiger partial charge in [-0.15, -0.1) is 0 Å². The maximum Gasteiger partial charge on any atom is 0.208 e. The zero-order valence-corrected chi connectivity index (χ0v) is 17.4. The maximum absolute atomic E-state index is 5.51. The molecular formula is C20H33N7O. The Hall–Kier alpha value is -1.93. The molecule has 4 heterocycles. The van der Waals surface area contributed by atoms with Crippen molar-refractivity contribution >= 4 is 22.9 Å². The van der Waals surface area contributed by atoms with E-state index in [2.05, 4.69) is 50.4 Å². The van der Waals surface area contributed by atoms with E-state index in [0.29, 0.717) is 12.1 Å². The zero-order valence-electron chi connectivity index (χ0n) is 17.4. The molecule has 4 rings (SSSR count). The number of nitrogens with zero attached hydrogens (tertiary/aromatic N) is 6. The van der Waals surface area contributed by atoms with Crippen LogP contribution >= 0.6 is 0 Å². The predicted molar refractivity (Wildman–Crippen MR) is 112 cm³/mol. The molecule has 0 radical (unpaired) electrons. The van der Waals surface area contributed by atoms with Gasteiger partial charge in [0.05, 0.1) is 13.2 Å². The summed E-state index contributed by atoms with van der Waals surface area (Å²) in [6.45, 7) is 13.4. The molecule has 154 valence electrons. The molecule has 8 heteroatoms. The second-order valence-electron chi connectivity index (χ2n) is 8.06. The number of hydrogen-bond acceptors (Lipinski definition) is 7. The number of rotatable bonds is 6. The summed E-state index contributed by atoms with van der Waals surface area (Å²) in [5.41, 5.74) is 1.81. The highest BCUT2D eigenvalue weighted by molar-refractivity contribution is 5.85. The van der Waals surface area contributed by atoms with Crippen molar-refractivity contribution in [2.45, 2.75) is 52.1 Å². The van der Waals surface area contributed by atoms with Gasteiger partial charge in [-0.3, -0.25) is 9.47 Å². The second kappa shape index (κ2) is 8.61. The Balaban J connectivity index is 1.57. The average Bonchev–Trinajstić information content (AvgIpc) is 3.13. The number of hydrogen-bond donors (Lipinski definition) is 1. The number of imidazole rings is 1. The van der Waals surface area contributed by atoms with Crippen molar-refractivity contribution in [3.8, 4) is 0 Å². The Morgan fingerprint density at radius 2 is 1.89 bits per heavy atom. The number of nitrogens with one attached hydrogen (secondary N) is 1. The molecule has 0 aromatic carbocycles. The number of fused-ring (bicyclic) bond motifs is 1. The molecule has 28 heavy (non-hydrogen) atoms. The lowest BCUT2D eigenvalue weighted by molar-refractivity contribution is 0.0114. The molecule has 2 aromatic rings. The van der Waals surface area contributed by atoms with Gasteiger partial charge < -0.3 is 15.0 Å². The van der Waals surface area contributed by atoms with Crippen molar-refractivity contribution in [1.29, 1.82) is 0 Å². The summed E-state index contributed by atoms with van der Waals surface area (Å²) in [5, 5.41) is 3.41. The van der Waals surface area contributed by atoms with Crippen LogP contribution in [0.25, 0.3) is 11.2 Å². The maximum atomic E-state index is 5.51. The Bertz CT molecular complexity index is 776. The predicted octanol–water partition coefficient (Wildman–Crippen LogP) is 2.53. The van der Waals surface area contributed by atoms with E-state index in [-0.39, 0.29) is 0 Å². The molecular weight excluding hydrogens is 354 g/mol. The Kier molecular flexibility index (Phi) is 5.96. The van der Waals surface area contributed by atoms with Crippen LogP contribution in [-0.4, -0.2) is 76.4 Å². The van der Waals surface area contributed by atoms with Crippen molar-refractivity contribution in [1.82, 2.24) is 24.4 Å². The highest BCUT2D eigenvalue weighted by Crippen LogP contribution is 2.31. The number of morpholine rings is 1. The third-order valence-electron chi connectivity index (χ3n) is 5.83. The molecule has 0 saturated carbocycles. The Labute approximate surface area is 167 Å². The van der Waals surface area contributed by atoms with Gasteiger partial charge in [-0.05, 0) is 33.1 Å². The van der Waals surface area contributed by atoms with E-state index < -0.39 is 0 Å². The number of anilines is 2. The van der Waals surface area contributed by atoms with Crippen molar-refractivity contribution in [3.63, 3.8) is 0 Å². The molecule has 2 saturated heterocycles. The number of ether oxygens (including phenoxy) is 1. The van der Waals surface area contributed by atoms with Gasteiger partial charge in [0, 0.05) is 44.8 Å². The lowest BCUT2D eigenvalue weighted by Gasteiger charge is -2.40. The summed E-state index contributed by atoms with van der Waals surface area (Å²) < 4.78 is 7.78. The first kappa shape index (κ1) is 19.4. The quantitative estimate of drug-likeness (QED) is 0.817. The van der Waals surface area contributed by atoms with Crippen LogP contribution in [0.15, 0.2) is 6.33 Å². The monoisotopic (exact) mass is 387 g/mol. The smallest absolute Gasteiger partial charge is 0.208 e. The van der Waals surface area contributed by atoms with Crippen LogP contribution in [0.3, 0.4) is 0 Å². The summed E-state index contributed by atoms with van der Waals surface area (Å²) in [6, 6.07) is 0.962. The van der Waals surface area contributed by atoms with Crippen LogP contribution in [0.5, 0.6) is 0 Å². The minimum atomic E-state index is 0.297. The molecule has 2 aromatic heterocycles. The van der Waals surface area contributed by atoms with Crippen LogP contribution in [0.4, 0.5) is 11.8 Å². The Morgan fingerprint density at radius 1 is 1.14 bits per heavy atom. The van der Waals surface area contributed by atoms with Gasteiger partial charge in [0.15, 0.2) is 17.0 Å². The SMILES string of the molecule is CCCNc1ncnc2c1nc(N1CCC(N3CCOCC3)CC1)n2C(C)C. The van der Waals surface area contributed by atoms with Gasteiger partial charge in [0.2, 0.25) is 5.95 Å². The molecule has 0 amide bonds. The van der Waals surface area contributed by atoms with E-state index in [1.54, 1.807) is 6.33 Å². The molecule has 0 atom stereocenters. The lowest BCUT2D eigenvalue weighted by atomic mass is 10.0. The number of piperidine rings is 1. The third-order valence-corrected chi connectivity index (χ3v) is 5.83. The first-order valence-electron chi connectivity index (χ1n) is 10.7. The highest BCUT2D eigenvalue weighted by Gasteiger charge is 2.29. The molecule has 2 aliphatic rings. The van der Waals surface area contributed by atoms with E-state index in [1.165, 1.54) is 12.8 Å². The van der Waals surface area contributed by atoms with Crippen LogP contribution in [0.2, 0.25) is 0 Å². The largest absolute Gasteiger partial charge is 0.379 e. The van der Waals surface area contributed by atoms with E-state index in [4.69, 9.17) is 9.72 Å². The second-order valence-corrected chi connectivity index (χ2v) is 8.06. The van der Waals surface area contributed by atoms with Crippen molar-refractivity contribution in [2.24, 2.45) is 0 Å². The first-order valence-corrected chi connectivity index (χ1v) is 10.7. The first-order chi connectivity index (χ1) is 13.7. The zero-order chi connectivity index (χ0) is 19.5. The standard InChI is InChI=1S/C20H33N7O/c1-4-7-21-18-17-19(23-14-22-18)27(15(2)3)20(24-17)26-8-5-16(6-9-26)25-10-12-28-13-11-25/h14-16H,4-13H2,1-3H3,(H,21,22,23). The van der Waals surface area contributed by atoms with E-state index in [0.717, 1.165) is 75.3 Å². The van der Waals surface area contributed by atoms with Crippen molar-refractivity contribution < 1.29 is 4.74 Å². The van der Waals surface area contributed by atoms with Gasteiger partial charge in [-0.1, -0.05) is 6.92 Å². The molecule has 2 fully saturated rings. The normalized spacial score (nSPS) is 19.6. The van der Waals surface area contributed by atoms with Gasteiger partial charge >= 0.3 is 0 Å². The number of aromatic nitrogens is 4. The van der Waals surface area contributed by atoms with Gasteiger partial charge in [0.1, 0.15) is 6.33 Å². The lowest BCUT2D eigenvalue weighted by Crippen LogP contribution is -2.49. The molecule has 2 aliphatic heterocycles. The van der Waals surface area contributed by atoms with Crippen LogP contribution in [-0.2, 0) is 4.74 Å². The summed E-state index contributed by atoms with van der Waals surface area (Å²) >= 11 is 0. The van der Waals surface area contributed by atoms with E-state index >= 15 is 0 Å². The van der Waals surface area contributed by atoms with E-state index in [9.17, 15) is 0 Å². The summed E-state index contributed by atoms with van der Waals surface area (Å²) in [4.78, 5) is 19.1. The average molecular weight is 388 g/mol. The third kappa shape index (κ3) is 3.80. The fourth-order valence-electron chi connectivity index (χ4n) is 4.34. The minimum absolute atomic E-state index is 0.297. The highest BCUT2D eigenvalue weighted by atomic mass is 16.5. The Morgan fingerprint density at radius 3 is 2.57 bits per heavy atom. The topological polar surface area (TPSA) is 71.3 Å².